The van der Waals surface area contributed by atoms with Crippen LogP contribution in [0.2, 0.25) is 0 Å². The number of unbranched alkanes of at least 4 members (excludes halogenated alkanes) is 1. The van der Waals surface area contributed by atoms with Crippen molar-refractivity contribution < 1.29 is 19.8 Å². The van der Waals surface area contributed by atoms with Crippen LogP contribution in [-0.4, -0.2) is 34.2 Å². The van der Waals surface area contributed by atoms with E-state index in [-0.39, 0.29) is 18.4 Å². The number of nitrogens with one attached hydrogen (secondary N) is 1. The number of hydrogen-bond acceptors (Lipinski definition) is 3. The van der Waals surface area contributed by atoms with Gasteiger partial charge in [-0.15, -0.1) is 0 Å². The van der Waals surface area contributed by atoms with Crippen molar-refractivity contribution in [2.45, 2.75) is 52.1 Å². The number of rotatable bonds is 8. The van der Waals surface area contributed by atoms with Gasteiger partial charge in [0.25, 0.3) is 0 Å². The zero-order valence-corrected chi connectivity index (χ0v) is 10.8. The van der Waals surface area contributed by atoms with Crippen molar-refractivity contribution in [2.24, 2.45) is 5.92 Å². The molecule has 0 heterocycles. The van der Waals surface area contributed by atoms with Gasteiger partial charge in [-0.1, -0.05) is 26.7 Å². The second-order valence-corrected chi connectivity index (χ2v) is 4.54. The van der Waals surface area contributed by atoms with Crippen LogP contribution >= 0.6 is 0 Å². The Morgan fingerprint density at radius 3 is 2.35 bits per heavy atom. The molecule has 3 N–H and O–H groups in total. The summed E-state index contributed by atoms with van der Waals surface area (Å²) in [5.41, 5.74) is -1.90. The molecule has 0 aromatic heterocycles. The third kappa shape index (κ3) is 5.68. The van der Waals surface area contributed by atoms with E-state index in [1.54, 1.807) is 0 Å². The molecule has 5 heteroatoms. The predicted octanol–water partition coefficient (Wildman–Crippen LogP) is 1.15. The lowest BCUT2D eigenvalue weighted by atomic mass is 9.98. The highest BCUT2D eigenvalue weighted by Crippen LogP contribution is 2.13. The van der Waals surface area contributed by atoms with Crippen LogP contribution < -0.4 is 5.32 Å². The molecule has 0 aliphatic carbocycles. The van der Waals surface area contributed by atoms with E-state index in [1.807, 2.05) is 6.92 Å². The molecule has 0 saturated carbocycles. The van der Waals surface area contributed by atoms with Crippen molar-refractivity contribution >= 4 is 11.9 Å². The summed E-state index contributed by atoms with van der Waals surface area (Å²) in [6.07, 6.45) is 3.52. The molecule has 0 aliphatic heterocycles. The molecule has 0 rings (SSSR count). The van der Waals surface area contributed by atoms with Crippen LogP contribution in [0.5, 0.6) is 0 Å². The first-order chi connectivity index (χ1) is 7.85. The van der Waals surface area contributed by atoms with E-state index in [9.17, 15) is 14.7 Å². The van der Waals surface area contributed by atoms with Crippen LogP contribution in [0.4, 0.5) is 0 Å². The van der Waals surface area contributed by atoms with Crippen molar-refractivity contribution in [2.75, 3.05) is 6.54 Å². The maximum atomic E-state index is 11.7. The normalized spacial score (nSPS) is 16.0. The fourth-order valence-corrected chi connectivity index (χ4v) is 1.45. The monoisotopic (exact) mass is 245 g/mol. The van der Waals surface area contributed by atoms with Crippen LogP contribution in [0.1, 0.15) is 46.5 Å². The van der Waals surface area contributed by atoms with Gasteiger partial charge in [0.2, 0.25) is 5.91 Å². The number of carboxylic acid groups (broad SMARTS) is 1. The topological polar surface area (TPSA) is 86.6 Å². The Bertz CT molecular complexity index is 263. The van der Waals surface area contributed by atoms with Crippen molar-refractivity contribution in [1.29, 1.82) is 0 Å². The van der Waals surface area contributed by atoms with Gasteiger partial charge in [-0.25, -0.2) is 4.79 Å². The van der Waals surface area contributed by atoms with Crippen LogP contribution in [0.3, 0.4) is 0 Å². The molecule has 5 nitrogen and oxygen atoms in total. The highest BCUT2D eigenvalue weighted by molar-refractivity contribution is 5.81. The summed E-state index contributed by atoms with van der Waals surface area (Å²) in [5.74, 6) is -1.61. The van der Waals surface area contributed by atoms with Gasteiger partial charge in [0.05, 0.1) is 6.54 Å². The molecule has 0 aromatic carbocycles. The van der Waals surface area contributed by atoms with E-state index >= 15 is 0 Å². The molecule has 2 atom stereocenters. The number of hydrogen-bond donors (Lipinski definition) is 3. The molecule has 0 fully saturated rings. The first-order valence-corrected chi connectivity index (χ1v) is 6.08. The number of aliphatic carboxylic acids is 1. The van der Waals surface area contributed by atoms with Gasteiger partial charge in [-0.2, -0.15) is 0 Å². The molecule has 1 amide bonds. The molecule has 0 saturated heterocycles. The van der Waals surface area contributed by atoms with E-state index < -0.39 is 11.6 Å². The van der Waals surface area contributed by atoms with E-state index in [0.29, 0.717) is 0 Å². The first kappa shape index (κ1) is 15.9. The van der Waals surface area contributed by atoms with Gasteiger partial charge in [0.1, 0.15) is 0 Å². The number of carbonyl (C=O) groups excluding carboxylic acids is 1. The van der Waals surface area contributed by atoms with Crippen molar-refractivity contribution in [3.05, 3.63) is 0 Å². The number of aliphatic hydroxyl groups is 1. The average Bonchev–Trinajstić information content (AvgIpc) is 2.27. The minimum absolute atomic E-state index is 0.0976. The minimum atomic E-state index is -1.90. The quantitative estimate of drug-likeness (QED) is 0.599. The molecule has 0 radical (unpaired) electrons. The summed E-state index contributed by atoms with van der Waals surface area (Å²) in [6, 6.07) is 0. The zero-order valence-electron chi connectivity index (χ0n) is 10.8. The molecule has 0 aromatic rings. The summed E-state index contributed by atoms with van der Waals surface area (Å²) in [4.78, 5) is 22.4. The molecular formula is C12H23NO4. The summed E-state index contributed by atoms with van der Waals surface area (Å²) >= 11 is 0. The Hall–Kier alpha value is -1.10. The van der Waals surface area contributed by atoms with E-state index in [4.69, 9.17) is 5.11 Å². The fraction of sp³-hybridized carbons (Fsp3) is 0.833. The number of carbonyl (C=O) groups is 2. The van der Waals surface area contributed by atoms with Gasteiger partial charge < -0.3 is 15.5 Å². The first-order valence-electron chi connectivity index (χ1n) is 6.08. The Labute approximate surface area is 102 Å². The van der Waals surface area contributed by atoms with E-state index in [2.05, 4.69) is 12.2 Å². The molecule has 0 aliphatic rings. The van der Waals surface area contributed by atoms with Gasteiger partial charge in [-0.05, 0) is 19.8 Å². The lowest BCUT2D eigenvalue weighted by Crippen LogP contribution is -2.47. The second kappa shape index (κ2) is 7.27. The van der Waals surface area contributed by atoms with Crippen molar-refractivity contribution in [1.82, 2.24) is 5.32 Å². The lowest BCUT2D eigenvalue weighted by Gasteiger charge is -2.21. The molecule has 0 spiro atoms. The highest BCUT2D eigenvalue weighted by Gasteiger charge is 2.31. The lowest BCUT2D eigenvalue weighted by molar-refractivity contribution is -0.156. The maximum absolute atomic E-state index is 11.7. The predicted molar refractivity (Wildman–Crippen MR) is 64.6 cm³/mol. The summed E-state index contributed by atoms with van der Waals surface area (Å²) < 4.78 is 0. The minimum Gasteiger partial charge on any atom is -0.479 e. The Morgan fingerprint density at radius 1 is 1.35 bits per heavy atom. The van der Waals surface area contributed by atoms with Crippen molar-refractivity contribution in [3.63, 3.8) is 0 Å². The third-order valence-electron chi connectivity index (χ3n) is 2.84. The smallest absolute Gasteiger partial charge is 0.337 e. The van der Waals surface area contributed by atoms with Gasteiger partial charge in [-0.3, -0.25) is 4.79 Å². The average molecular weight is 245 g/mol. The Kier molecular flexibility index (Phi) is 6.80. The fourth-order valence-electron chi connectivity index (χ4n) is 1.45. The highest BCUT2D eigenvalue weighted by atomic mass is 16.4. The van der Waals surface area contributed by atoms with Crippen LogP contribution in [0.15, 0.2) is 0 Å². The second-order valence-electron chi connectivity index (χ2n) is 4.54. The van der Waals surface area contributed by atoms with Crippen LogP contribution in [0.25, 0.3) is 0 Å². The van der Waals surface area contributed by atoms with Gasteiger partial charge in [0.15, 0.2) is 5.60 Å². The molecule has 0 bridgehead atoms. The standard InChI is InChI=1S/C12H23NO4/c1-4-6-7-9(5-2)10(14)13-8-12(3,17)11(15)16/h9,17H,4-8H2,1-3H3,(H,13,14)(H,15,16). The van der Waals surface area contributed by atoms with E-state index in [1.165, 1.54) is 6.92 Å². The van der Waals surface area contributed by atoms with E-state index in [0.717, 1.165) is 25.7 Å². The Morgan fingerprint density at radius 2 is 1.94 bits per heavy atom. The summed E-state index contributed by atoms with van der Waals surface area (Å²) in [6.45, 7) is 4.89. The largest absolute Gasteiger partial charge is 0.479 e. The van der Waals surface area contributed by atoms with Crippen LogP contribution in [-0.2, 0) is 9.59 Å². The van der Waals surface area contributed by atoms with Crippen LogP contribution in [0, 0.1) is 5.92 Å². The maximum Gasteiger partial charge on any atom is 0.337 e. The SMILES string of the molecule is CCCCC(CC)C(=O)NCC(C)(O)C(=O)O. The number of carboxylic acids is 1. The zero-order chi connectivity index (χ0) is 13.5. The summed E-state index contributed by atoms with van der Waals surface area (Å²) in [7, 11) is 0. The van der Waals surface area contributed by atoms with Gasteiger partial charge >= 0.3 is 5.97 Å². The molecule has 17 heavy (non-hydrogen) atoms. The molecule has 2 unspecified atom stereocenters. The van der Waals surface area contributed by atoms with Crippen molar-refractivity contribution in [3.8, 4) is 0 Å². The Balaban J connectivity index is 4.19. The molecule has 100 valence electrons. The number of amides is 1. The van der Waals surface area contributed by atoms with Gasteiger partial charge in [0, 0.05) is 5.92 Å². The summed E-state index contributed by atoms with van der Waals surface area (Å²) in [5, 5.41) is 20.6. The molecular weight excluding hydrogens is 222 g/mol. The third-order valence-corrected chi connectivity index (χ3v) is 2.84.